The average Bonchev–Trinajstić information content (AvgIpc) is 3.31. The molecule has 4 rings (SSSR count). The zero-order valence-corrected chi connectivity index (χ0v) is 15.7. The molecular weight excluding hydrogens is 346 g/mol. The number of carbonyl (C=O) groups excluding carboxylic acids is 2. The molecule has 3 aliphatic rings. The van der Waals surface area contributed by atoms with Crippen molar-refractivity contribution in [3.63, 3.8) is 0 Å². The maximum Gasteiger partial charge on any atom is 0.230 e. The van der Waals surface area contributed by atoms with Gasteiger partial charge in [-0.3, -0.25) is 14.6 Å². The Bertz CT molecular complexity index is 753. The summed E-state index contributed by atoms with van der Waals surface area (Å²) >= 11 is 0. The van der Waals surface area contributed by atoms with E-state index in [1.54, 1.807) is 23.0 Å². The van der Waals surface area contributed by atoms with Crippen molar-refractivity contribution in [3.05, 3.63) is 42.2 Å². The third-order valence-electron chi connectivity index (χ3n) is 5.68. The van der Waals surface area contributed by atoms with Crippen LogP contribution in [0.5, 0.6) is 0 Å². The SMILES string of the molecule is CCOCCN1C[C@]23C=C[C@H](O2)[C@H](C(=O)N(C)Cc2ccccn2)[C@@H]3C1=O. The fraction of sp³-hybridized carbons (Fsp3) is 0.550. The van der Waals surface area contributed by atoms with E-state index in [9.17, 15) is 9.59 Å². The lowest BCUT2D eigenvalue weighted by atomic mass is 9.76. The first-order valence-electron chi connectivity index (χ1n) is 9.44. The van der Waals surface area contributed by atoms with Gasteiger partial charge in [-0.05, 0) is 19.1 Å². The third kappa shape index (κ3) is 3.04. The average molecular weight is 371 g/mol. The Morgan fingerprint density at radius 1 is 1.48 bits per heavy atom. The molecule has 2 bridgehead atoms. The normalized spacial score (nSPS) is 30.8. The van der Waals surface area contributed by atoms with Crippen molar-refractivity contribution < 1.29 is 19.1 Å². The molecule has 2 saturated heterocycles. The van der Waals surface area contributed by atoms with Gasteiger partial charge in [0.15, 0.2) is 0 Å². The summed E-state index contributed by atoms with van der Waals surface area (Å²) in [6.45, 7) is 4.47. The fourth-order valence-corrected chi connectivity index (χ4v) is 4.44. The van der Waals surface area contributed by atoms with Crippen molar-refractivity contribution in [2.75, 3.05) is 33.4 Å². The fourth-order valence-electron chi connectivity index (χ4n) is 4.44. The Morgan fingerprint density at radius 3 is 3.07 bits per heavy atom. The molecule has 7 nitrogen and oxygen atoms in total. The highest BCUT2D eigenvalue weighted by Crippen LogP contribution is 2.52. The number of aromatic nitrogens is 1. The zero-order valence-electron chi connectivity index (χ0n) is 15.7. The van der Waals surface area contributed by atoms with E-state index >= 15 is 0 Å². The summed E-state index contributed by atoms with van der Waals surface area (Å²) in [5, 5.41) is 0. The number of carbonyl (C=O) groups is 2. The minimum atomic E-state index is -0.667. The predicted octanol–water partition coefficient (Wildman–Crippen LogP) is 0.858. The summed E-state index contributed by atoms with van der Waals surface area (Å²) in [6.07, 6.45) is 5.30. The van der Waals surface area contributed by atoms with Gasteiger partial charge in [-0.2, -0.15) is 0 Å². The molecule has 2 amide bonds. The smallest absolute Gasteiger partial charge is 0.230 e. The molecule has 0 radical (unpaired) electrons. The van der Waals surface area contributed by atoms with E-state index in [4.69, 9.17) is 9.47 Å². The summed E-state index contributed by atoms with van der Waals surface area (Å²) in [7, 11) is 1.76. The van der Waals surface area contributed by atoms with Crippen LogP contribution in [0.2, 0.25) is 0 Å². The van der Waals surface area contributed by atoms with Crippen molar-refractivity contribution in [1.82, 2.24) is 14.8 Å². The van der Waals surface area contributed by atoms with Crippen LogP contribution in [0.25, 0.3) is 0 Å². The highest BCUT2D eigenvalue weighted by Gasteiger charge is 2.66. The van der Waals surface area contributed by atoms with Gasteiger partial charge in [-0.15, -0.1) is 0 Å². The first-order chi connectivity index (χ1) is 13.1. The maximum atomic E-state index is 13.2. The van der Waals surface area contributed by atoms with Crippen LogP contribution >= 0.6 is 0 Å². The van der Waals surface area contributed by atoms with Crippen molar-refractivity contribution in [3.8, 4) is 0 Å². The number of hydrogen-bond acceptors (Lipinski definition) is 5. The van der Waals surface area contributed by atoms with Crippen LogP contribution in [-0.4, -0.2) is 71.7 Å². The quantitative estimate of drug-likeness (QED) is 0.525. The summed E-state index contributed by atoms with van der Waals surface area (Å²) < 4.78 is 11.5. The predicted molar refractivity (Wildman–Crippen MR) is 97.5 cm³/mol. The number of fused-ring (bicyclic) bond motifs is 1. The van der Waals surface area contributed by atoms with Crippen LogP contribution in [0.3, 0.4) is 0 Å². The standard InChI is InChI=1S/C20H25N3O4/c1-3-26-11-10-23-13-20-8-7-15(27-20)16(17(20)19(23)25)18(24)22(2)12-14-6-4-5-9-21-14/h4-9,15-17H,3,10-13H2,1-2H3/t15-,16-,17+,20-/m0/s1. The van der Waals surface area contributed by atoms with Gasteiger partial charge in [0, 0.05) is 26.4 Å². The lowest BCUT2D eigenvalue weighted by Gasteiger charge is -2.27. The number of likely N-dealkylation sites (tertiary alicyclic amines) is 1. The third-order valence-corrected chi connectivity index (χ3v) is 5.68. The topological polar surface area (TPSA) is 72.0 Å². The molecule has 0 aromatic carbocycles. The second kappa shape index (κ2) is 7.05. The first-order valence-corrected chi connectivity index (χ1v) is 9.44. The highest BCUT2D eigenvalue weighted by molar-refractivity contribution is 5.93. The minimum Gasteiger partial charge on any atom is -0.380 e. The van der Waals surface area contributed by atoms with Crippen molar-refractivity contribution in [1.29, 1.82) is 0 Å². The van der Waals surface area contributed by atoms with Gasteiger partial charge in [0.25, 0.3) is 0 Å². The molecule has 1 spiro atoms. The molecule has 0 N–H and O–H groups in total. The minimum absolute atomic E-state index is 0.00820. The highest BCUT2D eigenvalue weighted by atomic mass is 16.5. The van der Waals surface area contributed by atoms with Gasteiger partial charge in [0.1, 0.15) is 5.60 Å². The number of nitrogens with zero attached hydrogens (tertiary/aromatic N) is 3. The van der Waals surface area contributed by atoms with Crippen molar-refractivity contribution >= 4 is 11.8 Å². The van der Waals surface area contributed by atoms with Crippen LogP contribution in [0, 0.1) is 11.8 Å². The largest absolute Gasteiger partial charge is 0.380 e. The number of pyridine rings is 1. The molecule has 0 aliphatic carbocycles. The van der Waals surface area contributed by atoms with Crippen LogP contribution < -0.4 is 0 Å². The zero-order chi connectivity index (χ0) is 19.0. The molecule has 0 saturated carbocycles. The van der Waals surface area contributed by atoms with E-state index < -0.39 is 17.4 Å². The first kappa shape index (κ1) is 18.1. The van der Waals surface area contributed by atoms with Gasteiger partial charge < -0.3 is 19.3 Å². The molecule has 1 aromatic heterocycles. The molecule has 27 heavy (non-hydrogen) atoms. The Balaban J connectivity index is 1.49. The lowest BCUT2D eigenvalue weighted by Crippen LogP contribution is -2.44. The molecule has 0 unspecified atom stereocenters. The van der Waals surface area contributed by atoms with Crippen molar-refractivity contribution in [2.24, 2.45) is 11.8 Å². The summed E-state index contributed by atoms with van der Waals surface area (Å²) in [6, 6.07) is 5.63. The van der Waals surface area contributed by atoms with Gasteiger partial charge in [0.2, 0.25) is 11.8 Å². The molecule has 1 aromatic rings. The molecule has 144 valence electrons. The Morgan fingerprint density at radius 2 is 2.33 bits per heavy atom. The Hall–Kier alpha value is -2.25. The van der Waals surface area contributed by atoms with E-state index in [1.165, 1.54) is 0 Å². The van der Waals surface area contributed by atoms with Gasteiger partial charge >= 0.3 is 0 Å². The number of ether oxygens (including phenoxy) is 2. The molecule has 3 aliphatic heterocycles. The van der Waals surface area contributed by atoms with Crippen LogP contribution in [0.1, 0.15) is 12.6 Å². The van der Waals surface area contributed by atoms with Gasteiger partial charge in [-0.25, -0.2) is 0 Å². The molecule has 2 fully saturated rings. The van der Waals surface area contributed by atoms with Crippen LogP contribution in [0.4, 0.5) is 0 Å². The van der Waals surface area contributed by atoms with E-state index in [2.05, 4.69) is 4.98 Å². The second-order valence-electron chi connectivity index (χ2n) is 7.37. The summed E-state index contributed by atoms with van der Waals surface area (Å²) in [5.74, 6) is -1.01. The van der Waals surface area contributed by atoms with Crippen LogP contribution in [-0.2, 0) is 25.6 Å². The number of amides is 2. The van der Waals surface area contributed by atoms with Gasteiger partial charge in [0.05, 0.1) is 43.3 Å². The number of rotatable bonds is 7. The molecular formula is C20H25N3O4. The lowest BCUT2D eigenvalue weighted by molar-refractivity contribution is -0.143. The second-order valence-corrected chi connectivity index (χ2v) is 7.37. The Kier molecular flexibility index (Phi) is 4.74. The van der Waals surface area contributed by atoms with E-state index in [0.29, 0.717) is 32.8 Å². The van der Waals surface area contributed by atoms with Crippen molar-refractivity contribution in [2.45, 2.75) is 25.2 Å². The summed E-state index contributed by atoms with van der Waals surface area (Å²) in [5.41, 5.74) is 0.152. The number of hydrogen-bond donors (Lipinski definition) is 0. The van der Waals surface area contributed by atoms with E-state index in [1.807, 2.05) is 37.3 Å². The maximum absolute atomic E-state index is 13.2. The molecule has 7 heteroatoms. The Labute approximate surface area is 158 Å². The van der Waals surface area contributed by atoms with Gasteiger partial charge in [-0.1, -0.05) is 18.2 Å². The van der Waals surface area contributed by atoms with E-state index in [-0.39, 0.29) is 17.9 Å². The monoisotopic (exact) mass is 371 g/mol. The van der Waals surface area contributed by atoms with Crippen LogP contribution in [0.15, 0.2) is 36.5 Å². The molecule has 4 atom stereocenters. The molecule has 4 heterocycles. The van der Waals surface area contributed by atoms with E-state index in [0.717, 1.165) is 5.69 Å². The summed E-state index contributed by atoms with van der Waals surface area (Å²) in [4.78, 5) is 33.9.